The monoisotopic (exact) mass is 716 g/mol. The zero-order chi connectivity index (χ0) is 24.3. The lowest BCUT2D eigenvalue weighted by atomic mass is 9.84. The number of fused-ring (bicyclic) bond motifs is 4. The van der Waals surface area contributed by atoms with Crippen molar-refractivity contribution in [1.82, 2.24) is 0 Å². The van der Waals surface area contributed by atoms with Crippen LogP contribution in [0.15, 0.2) is 12.1 Å². The number of hydrogen-bond donors (Lipinski definition) is 1. The van der Waals surface area contributed by atoms with Gasteiger partial charge >= 0.3 is 27.3 Å². The molecule has 0 aromatic heterocycles. The van der Waals surface area contributed by atoms with E-state index in [-0.39, 0.29) is 24.7 Å². The topological polar surface area (TPSA) is 116 Å². The molecule has 5 unspecified atom stereocenters. The van der Waals surface area contributed by atoms with Crippen LogP contribution in [0, 0.1) is 24.9 Å². The molecule has 0 radical (unpaired) electrons. The van der Waals surface area contributed by atoms with Crippen molar-refractivity contribution >= 4 is 67.2 Å². The van der Waals surface area contributed by atoms with Gasteiger partial charge in [0.2, 0.25) is 0 Å². The van der Waals surface area contributed by atoms with Crippen molar-refractivity contribution in [2.24, 2.45) is 17.8 Å². The van der Waals surface area contributed by atoms with E-state index in [2.05, 4.69) is 22.6 Å². The first kappa shape index (κ1) is 25.2. The normalized spacial score (nSPS) is 29.4. The summed E-state index contributed by atoms with van der Waals surface area (Å²) in [5, 5.41) is -4.99. The van der Waals surface area contributed by atoms with Crippen molar-refractivity contribution in [3.05, 3.63) is 24.8 Å². The van der Waals surface area contributed by atoms with E-state index >= 15 is 0 Å². The second-order valence-electron chi connectivity index (χ2n) is 8.24. The van der Waals surface area contributed by atoms with Crippen molar-refractivity contribution in [2.45, 2.75) is 42.9 Å². The molecular formula is C19H17F3I2O8S. The second kappa shape index (κ2) is 8.65. The summed E-state index contributed by atoms with van der Waals surface area (Å²) in [6.07, 6.45) is -3.29. The molecule has 1 aliphatic heterocycles. The molecule has 1 N–H and O–H groups in total. The number of rotatable bonds is 6. The summed E-state index contributed by atoms with van der Waals surface area (Å²) in [6, 6.07) is 3.53. The molecule has 3 aliphatic rings. The lowest BCUT2D eigenvalue weighted by Gasteiger charge is -2.41. The van der Waals surface area contributed by atoms with E-state index in [9.17, 15) is 31.2 Å². The van der Waals surface area contributed by atoms with Crippen LogP contribution in [0.5, 0.6) is 5.75 Å². The van der Waals surface area contributed by atoms with Crippen LogP contribution in [0.25, 0.3) is 0 Å². The van der Waals surface area contributed by atoms with E-state index in [1.807, 2.05) is 28.7 Å². The Morgan fingerprint density at radius 3 is 2.61 bits per heavy atom. The molecule has 0 saturated heterocycles. The number of carbonyl (C=O) groups is 2. The highest BCUT2D eigenvalue weighted by Crippen LogP contribution is 2.58. The number of esters is 2. The third kappa shape index (κ3) is 4.32. The molecule has 0 amide bonds. The molecule has 182 valence electrons. The third-order valence-corrected chi connectivity index (χ3v) is 10.3. The van der Waals surface area contributed by atoms with Crippen molar-refractivity contribution in [2.75, 3.05) is 6.61 Å². The molecule has 2 aliphatic carbocycles. The predicted octanol–water partition coefficient (Wildman–Crippen LogP) is 3.94. The van der Waals surface area contributed by atoms with Gasteiger partial charge in [0.1, 0.15) is 11.3 Å². The highest BCUT2D eigenvalue weighted by atomic mass is 127. The number of carbonyl (C=O) groups excluding carboxylic acids is 2. The van der Waals surface area contributed by atoms with E-state index in [4.69, 9.17) is 18.8 Å². The predicted molar refractivity (Wildman–Crippen MR) is 122 cm³/mol. The van der Waals surface area contributed by atoms with Crippen LogP contribution in [0.2, 0.25) is 0 Å². The highest BCUT2D eigenvalue weighted by molar-refractivity contribution is 14.1. The van der Waals surface area contributed by atoms with Crippen LogP contribution in [-0.2, 0) is 24.4 Å². The number of hydrogen-bond acceptors (Lipinski definition) is 7. The van der Waals surface area contributed by atoms with Crippen LogP contribution in [0.3, 0.4) is 0 Å². The van der Waals surface area contributed by atoms with Gasteiger partial charge in [-0.1, -0.05) is 0 Å². The summed E-state index contributed by atoms with van der Waals surface area (Å²) >= 11 is 4.15. The summed E-state index contributed by atoms with van der Waals surface area (Å²) in [7, 11) is -5.93. The highest BCUT2D eigenvalue weighted by Gasteiger charge is 2.63. The molecule has 8 nitrogen and oxygen atoms in total. The average molecular weight is 716 g/mol. The van der Waals surface area contributed by atoms with Gasteiger partial charge in [0.05, 0.1) is 12.5 Å². The fourth-order valence-electron chi connectivity index (χ4n) is 4.70. The summed E-state index contributed by atoms with van der Waals surface area (Å²) in [5.41, 5.74) is 0.356. The summed E-state index contributed by atoms with van der Waals surface area (Å²) in [4.78, 5) is 25.1. The Labute approximate surface area is 213 Å². The minimum atomic E-state index is -5.93. The van der Waals surface area contributed by atoms with E-state index in [1.54, 1.807) is 6.07 Å². The Balaban J connectivity index is 1.37. The molecule has 2 bridgehead atoms. The average Bonchev–Trinajstić information content (AvgIpc) is 3.27. The Kier molecular flexibility index (Phi) is 6.61. The summed E-state index contributed by atoms with van der Waals surface area (Å²) in [6.45, 7) is -0.778. The molecular weight excluding hydrogens is 699 g/mol. The largest absolute Gasteiger partial charge is 0.465 e. The molecule has 14 heteroatoms. The minimum absolute atomic E-state index is 0.248. The van der Waals surface area contributed by atoms with Crippen LogP contribution in [0.4, 0.5) is 13.2 Å². The quantitative estimate of drug-likeness (QED) is 0.268. The first-order valence-electron chi connectivity index (χ1n) is 9.82. The number of ether oxygens (including phenoxy) is 3. The molecule has 33 heavy (non-hydrogen) atoms. The molecule has 4 rings (SSSR count). The Hall–Kier alpha value is -0.880. The molecule has 2 saturated carbocycles. The van der Waals surface area contributed by atoms with Gasteiger partial charge in [-0.25, -0.2) is 9.18 Å². The number of benzene rings is 1. The van der Waals surface area contributed by atoms with Gasteiger partial charge in [0.15, 0.2) is 6.17 Å². The Bertz CT molecular complexity index is 1110. The van der Waals surface area contributed by atoms with Gasteiger partial charge < -0.3 is 14.2 Å². The van der Waals surface area contributed by atoms with E-state index in [0.717, 1.165) is 7.14 Å². The van der Waals surface area contributed by atoms with Crippen LogP contribution < -0.4 is 4.74 Å². The number of halogens is 5. The first-order valence-corrected chi connectivity index (χ1v) is 13.4. The van der Waals surface area contributed by atoms with Gasteiger partial charge in [-0.15, -0.1) is 0 Å². The fraction of sp³-hybridized carbons (Fsp3) is 0.579. The molecule has 5 atom stereocenters. The van der Waals surface area contributed by atoms with Crippen molar-refractivity contribution < 1.29 is 49.9 Å². The second-order valence-corrected chi connectivity index (χ2v) is 12.0. The maximum absolute atomic E-state index is 13.6. The van der Waals surface area contributed by atoms with Gasteiger partial charge in [-0.05, 0) is 76.1 Å². The minimum Gasteiger partial charge on any atom is -0.465 e. The maximum atomic E-state index is 13.6. The van der Waals surface area contributed by atoms with Gasteiger partial charge in [-0.2, -0.15) is 17.2 Å². The van der Waals surface area contributed by atoms with Gasteiger partial charge in [-0.3, -0.25) is 9.35 Å². The molecule has 1 heterocycles. The summed E-state index contributed by atoms with van der Waals surface area (Å²) < 4.78 is 88.0. The lowest BCUT2D eigenvalue weighted by Crippen LogP contribution is -2.50. The van der Waals surface area contributed by atoms with Crippen LogP contribution in [-0.4, -0.2) is 48.7 Å². The maximum Gasteiger partial charge on any atom is 0.400 e. The van der Waals surface area contributed by atoms with E-state index in [1.165, 1.54) is 0 Å². The van der Waals surface area contributed by atoms with E-state index < -0.39 is 58.2 Å². The SMILES string of the molecule is O=C1OC2(CC3CC2CC3C(=O)OCCC(F)C(F)(F)S(=O)(=O)O)Oc2ccc(I)c(I)c21. The van der Waals surface area contributed by atoms with Gasteiger partial charge in [0, 0.05) is 25.9 Å². The Morgan fingerprint density at radius 2 is 2.00 bits per heavy atom. The summed E-state index contributed by atoms with van der Waals surface area (Å²) in [5.74, 6) is -3.15. The standard InChI is InChI=1S/C19H17F3I2O8S/c20-13(19(21,22)33(27,28)29)3-4-30-16(25)10-6-9-5-8(10)7-18(9)31-12-2-1-11(23)15(24)14(12)17(26)32-18/h1-2,8-10,13H,3-7H2,(H,27,28,29). The molecule has 2 fully saturated rings. The fourth-order valence-corrected chi connectivity index (χ4v) is 6.26. The lowest BCUT2D eigenvalue weighted by molar-refractivity contribution is -0.193. The Morgan fingerprint density at radius 1 is 1.30 bits per heavy atom. The number of alkyl halides is 3. The van der Waals surface area contributed by atoms with Gasteiger partial charge in [0.25, 0.3) is 5.79 Å². The van der Waals surface area contributed by atoms with Crippen LogP contribution >= 0.6 is 45.2 Å². The first-order chi connectivity index (χ1) is 15.3. The van der Waals surface area contributed by atoms with Crippen LogP contribution in [0.1, 0.15) is 36.0 Å². The zero-order valence-corrected chi connectivity index (χ0v) is 21.7. The van der Waals surface area contributed by atoms with E-state index in [0.29, 0.717) is 17.7 Å². The smallest absolute Gasteiger partial charge is 0.400 e. The zero-order valence-electron chi connectivity index (χ0n) is 16.6. The molecule has 1 aromatic rings. The van der Waals surface area contributed by atoms with Crippen molar-refractivity contribution in [3.8, 4) is 5.75 Å². The van der Waals surface area contributed by atoms with Crippen molar-refractivity contribution in [1.29, 1.82) is 0 Å². The molecule has 1 spiro atoms. The molecule has 1 aromatic carbocycles. The third-order valence-electron chi connectivity index (χ3n) is 6.30. The van der Waals surface area contributed by atoms with Crippen molar-refractivity contribution in [3.63, 3.8) is 0 Å².